The van der Waals surface area contributed by atoms with Gasteiger partial charge in [0.15, 0.2) is 0 Å². The molecule has 0 spiro atoms. The van der Waals surface area contributed by atoms with E-state index in [1.807, 2.05) is 0 Å². The average Bonchev–Trinajstić information content (AvgIpc) is 2.03. The molecule has 0 saturated carbocycles. The molecule has 1 aliphatic heterocycles. The topological polar surface area (TPSA) is 41.2 Å². The standard InChI is InChI=1S/C7H14NO2/c9-5-6-10-7-1-3-8-4-2-7/h7-8H,1-6H2. The molecule has 1 N–H and O–H groups in total. The van der Waals surface area contributed by atoms with Crippen LogP contribution in [-0.2, 0) is 9.84 Å². The monoisotopic (exact) mass is 144 g/mol. The van der Waals surface area contributed by atoms with Crippen molar-refractivity contribution in [3.05, 3.63) is 0 Å². The summed E-state index contributed by atoms with van der Waals surface area (Å²) in [6, 6.07) is 0. The number of nitrogens with one attached hydrogen (secondary N) is 1. The lowest BCUT2D eigenvalue weighted by molar-refractivity contribution is -0.00130. The summed E-state index contributed by atoms with van der Waals surface area (Å²) in [6.45, 7) is 2.33. The lowest BCUT2D eigenvalue weighted by atomic mass is 10.1. The van der Waals surface area contributed by atoms with Gasteiger partial charge in [-0.1, -0.05) is 0 Å². The Hall–Kier alpha value is -0.120. The summed E-state index contributed by atoms with van der Waals surface area (Å²) in [5.41, 5.74) is 0. The molecule has 0 bridgehead atoms. The summed E-state index contributed by atoms with van der Waals surface area (Å²) in [7, 11) is 0. The van der Waals surface area contributed by atoms with Crippen LogP contribution < -0.4 is 5.32 Å². The van der Waals surface area contributed by atoms with Crippen molar-refractivity contribution in [1.29, 1.82) is 0 Å². The van der Waals surface area contributed by atoms with E-state index in [4.69, 9.17) is 4.74 Å². The van der Waals surface area contributed by atoms with Gasteiger partial charge >= 0.3 is 0 Å². The maximum atomic E-state index is 10.0. The third-order valence-corrected chi connectivity index (χ3v) is 1.72. The lowest BCUT2D eigenvalue weighted by Crippen LogP contribution is -2.32. The highest BCUT2D eigenvalue weighted by atomic mass is 16.5. The molecule has 0 unspecified atom stereocenters. The summed E-state index contributed by atoms with van der Waals surface area (Å²) in [6.07, 6.45) is 2.45. The molecule has 0 amide bonds. The second-order valence-corrected chi connectivity index (χ2v) is 2.52. The summed E-state index contributed by atoms with van der Waals surface area (Å²) < 4.78 is 5.28. The van der Waals surface area contributed by atoms with Gasteiger partial charge in [0.1, 0.15) is 6.61 Å². The summed E-state index contributed by atoms with van der Waals surface area (Å²) in [5, 5.41) is 13.3. The molecule has 59 valence electrons. The van der Waals surface area contributed by atoms with Crippen LogP contribution in [0.2, 0.25) is 0 Å². The minimum atomic E-state index is -0.107. The molecule has 0 aromatic carbocycles. The predicted molar refractivity (Wildman–Crippen MR) is 37.4 cm³/mol. The Labute approximate surface area is 61.4 Å². The molecule has 1 rings (SSSR count). The van der Waals surface area contributed by atoms with E-state index in [0.717, 1.165) is 25.9 Å². The van der Waals surface area contributed by atoms with Gasteiger partial charge in [-0.15, -0.1) is 0 Å². The first-order chi connectivity index (χ1) is 4.93. The van der Waals surface area contributed by atoms with Crippen molar-refractivity contribution < 1.29 is 9.84 Å². The molecule has 1 saturated heterocycles. The number of rotatable bonds is 3. The van der Waals surface area contributed by atoms with Crippen molar-refractivity contribution in [1.82, 2.24) is 5.32 Å². The zero-order valence-electron chi connectivity index (χ0n) is 6.14. The van der Waals surface area contributed by atoms with Gasteiger partial charge in [-0.3, -0.25) is 0 Å². The fourth-order valence-electron chi connectivity index (χ4n) is 1.18. The maximum absolute atomic E-state index is 10.0. The number of ether oxygens (including phenoxy) is 1. The predicted octanol–water partition coefficient (Wildman–Crippen LogP) is 0.186. The molecular weight excluding hydrogens is 130 g/mol. The van der Waals surface area contributed by atoms with Gasteiger partial charge in [0.25, 0.3) is 0 Å². The van der Waals surface area contributed by atoms with Crippen LogP contribution in [-0.4, -0.2) is 32.4 Å². The zero-order chi connectivity index (χ0) is 7.23. The van der Waals surface area contributed by atoms with Crippen molar-refractivity contribution in [3.8, 4) is 0 Å². The van der Waals surface area contributed by atoms with E-state index in [2.05, 4.69) is 5.32 Å². The van der Waals surface area contributed by atoms with Gasteiger partial charge in [-0.25, -0.2) is 5.11 Å². The van der Waals surface area contributed by atoms with Gasteiger partial charge in [0.2, 0.25) is 0 Å². The summed E-state index contributed by atoms with van der Waals surface area (Å²) >= 11 is 0. The van der Waals surface area contributed by atoms with Crippen LogP contribution in [0.5, 0.6) is 0 Å². The Kier molecular flexibility index (Phi) is 3.72. The van der Waals surface area contributed by atoms with E-state index in [1.165, 1.54) is 0 Å². The van der Waals surface area contributed by atoms with Gasteiger partial charge in [-0.2, -0.15) is 0 Å². The third kappa shape index (κ3) is 2.64. The fraction of sp³-hybridized carbons (Fsp3) is 1.00. The molecule has 1 heterocycles. The van der Waals surface area contributed by atoms with Crippen LogP contribution in [0, 0.1) is 0 Å². The Morgan fingerprint density at radius 1 is 1.40 bits per heavy atom. The van der Waals surface area contributed by atoms with Crippen molar-refractivity contribution in [3.63, 3.8) is 0 Å². The van der Waals surface area contributed by atoms with Crippen molar-refractivity contribution in [2.24, 2.45) is 0 Å². The molecule has 0 aromatic heterocycles. The van der Waals surface area contributed by atoms with Gasteiger partial charge in [0, 0.05) is 0 Å². The van der Waals surface area contributed by atoms with E-state index >= 15 is 0 Å². The SMILES string of the molecule is [O]CCOC1CCNCC1. The first-order valence-electron chi connectivity index (χ1n) is 3.84. The molecule has 0 aliphatic carbocycles. The highest BCUT2D eigenvalue weighted by molar-refractivity contribution is 4.67. The van der Waals surface area contributed by atoms with E-state index in [-0.39, 0.29) is 6.61 Å². The van der Waals surface area contributed by atoms with Crippen LogP contribution >= 0.6 is 0 Å². The molecule has 1 fully saturated rings. The average molecular weight is 144 g/mol. The number of hydrogen-bond donors (Lipinski definition) is 1. The van der Waals surface area contributed by atoms with Gasteiger partial charge in [-0.05, 0) is 25.9 Å². The quantitative estimate of drug-likeness (QED) is 0.614. The number of hydrogen-bond acceptors (Lipinski definition) is 2. The Morgan fingerprint density at radius 2 is 2.10 bits per heavy atom. The Bertz CT molecular complexity index is 81.7. The van der Waals surface area contributed by atoms with Crippen LogP contribution in [0.4, 0.5) is 0 Å². The second-order valence-electron chi connectivity index (χ2n) is 2.52. The maximum Gasteiger partial charge on any atom is 0.106 e. The minimum absolute atomic E-state index is 0.107. The molecule has 3 heteroatoms. The zero-order valence-corrected chi connectivity index (χ0v) is 6.14. The smallest absolute Gasteiger partial charge is 0.106 e. The highest BCUT2D eigenvalue weighted by Crippen LogP contribution is 2.05. The van der Waals surface area contributed by atoms with E-state index in [0.29, 0.717) is 12.7 Å². The molecule has 3 nitrogen and oxygen atoms in total. The number of piperidine rings is 1. The van der Waals surface area contributed by atoms with Gasteiger partial charge in [0.05, 0.1) is 12.7 Å². The lowest BCUT2D eigenvalue weighted by Gasteiger charge is -2.22. The van der Waals surface area contributed by atoms with E-state index in [9.17, 15) is 5.11 Å². The Balaban J connectivity index is 2.02. The molecule has 0 aromatic rings. The van der Waals surface area contributed by atoms with Crippen molar-refractivity contribution in [2.45, 2.75) is 18.9 Å². The van der Waals surface area contributed by atoms with Crippen LogP contribution in [0.25, 0.3) is 0 Å². The second kappa shape index (κ2) is 4.66. The van der Waals surface area contributed by atoms with Crippen LogP contribution in [0.3, 0.4) is 0 Å². The molecular formula is C7H14NO2. The third-order valence-electron chi connectivity index (χ3n) is 1.72. The normalized spacial score (nSPS) is 21.3. The van der Waals surface area contributed by atoms with E-state index < -0.39 is 0 Å². The van der Waals surface area contributed by atoms with Gasteiger partial charge < -0.3 is 10.1 Å². The highest BCUT2D eigenvalue weighted by Gasteiger charge is 2.11. The minimum Gasteiger partial charge on any atom is -0.376 e. The fourth-order valence-corrected chi connectivity index (χ4v) is 1.18. The summed E-state index contributed by atoms with van der Waals surface area (Å²) in [5.74, 6) is 0. The first-order valence-corrected chi connectivity index (χ1v) is 3.84. The van der Waals surface area contributed by atoms with Crippen LogP contribution in [0.15, 0.2) is 0 Å². The first kappa shape index (κ1) is 7.98. The molecule has 0 atom stereocenters. The Morgan fingerprint density at radius 3 is 2.70 bits per heavy atom. The molecule has 1 aliphatic rings. The van der Waals surface area contributed by atoms with Crippen molar-refractivity contribution >= 4 is 0 Å². The van der Waals surface area contributed by atoms with Crippen molar-refractivity contribution in [2.75, 3.05) is 26.3 Å². The van der Waals surface area contributed by atoms with Crippen LogP contribution in [0.1, 0.15) is 12.8 Å². The molecule has 10 heavy (non-hydrogen) atoms. The summed E-state index contributed by atoms with van der Waals surface area (Å²) in [4.78, 5) is 0. The largest absolute Gasteiger partial charge is 0.376 e. The molecule has 1 radical (unpaired) electrons. The van der Waals surface area contributed by atoms with E-state index in [1.54, 1.807) is 0 Å².